The monoisotopic (exact) mass is 155 g/mol. The van der Waals surface area contributed by atoms with Crippen molar-refractivity contribution >= 4 is 0 Å². The molecule has 0 aromatic carbocycles. The second-order valence-corrected chi connectivity index (χ2v) is 4.61. The van der Waals surface area contributed by atoms with E-state index in [0.717, 1.165) is 5.92 Å². The van der Waals surface area contributed by atoms with Crippen LogP contribution in [0.1, 0.15) is 33.6 Å². The van der Waals surface area contributed by atoms with Crippen LogP contribution in [0.15, 0.2) is 0 Å². The Balaban J connectivity index is 2.56. The van der Waals surface area contributed by atoms with Gasteiger partial charge in [0.05, 0.1) is 0 Å². The van der Waals surface area contributed by atoms with Crippen LogP contribution in [0.25, 0.3) is 0 Å². The van der Waals surface area contributed by atoms with Gasteiger partial charge in [-0.05, 0) is 31.3 Å². The molecule has 1 heteroatoms. The Morgan fingerprint density at radius 2 is 2.09 bits per heavy atom. The molecule has 66 valence electrons. The average Bonchev–Trinajstić information content (AvgIpc) is 1.94. The van der Waals surface area contributed by atoms with Crippen molar-refractivity contribution in [3.05, 3.63) is 0 Å². The molecule has 0 radical (unpaired) electrons. The maximum absolute atomic E-state index is 2.46. The highest BCUT2D eigenvalue weighted by atomic mass is 15.1. The molecule has 0 amide bonds. The predicted molar refractivity (Wildman–Crippen MR) is 49.7 cm³/mol. The zero-order chi connectivity index (χ0) is 8.48. The summed E-state index contributed by atoms with van der Waals surface area (Å²) in [7, 11) is 2.23. The minimum absolute atomic E-state index is 0.585. The van der Waals surface area contributed by atoms with E-state index >= 15 is 0 Å². The van der Waals surface area contributed by atoms with Gasteiger partial charge in [-0.3, -0.25) is 0 Å². The Kier molecular flexibility index (Phi) is 2.58. The van der Waals surface area contributed by atoms with Crippen LogP contribution in [-0.2, 0) is 0 Å². The number of likely N-dealkylation sites (tertiary alicyclic amines) is 1. The molecule has 1 rings (SSSR count). The number of rotatable bonds is 1. The third-order valence-electron chi connectivity index (χ3n) is 3.27. The molecule has 11 heavy (non-hydrogen) atoms. The molecule has 0 aliphatic carbocycles. The van der Waals surface area contributed by atoms with E-state index < -0.39 is 0 Å². The van der Waals surface area contributed by atoms with E-state index in [0.29, 0.717) is 5.41 Å². The van der Waals surface area contributed by atoms with E-state index in [1.807, 2.05) is 0 Å². The lowest BCUT2D eigenvalue weighted by Crippen LogP contribution is -2.42. The van der Waals surface area contributed by atoms with Crippen LogP contribution in [0.5, 0.6) is 0 Å². The molecule has 0 spiro atoms. The van der Waals surface area contributed by atoms with E-state index in [-0.39, 0.29) is 0 Å². The largest absolute Gasteiger partial charge is 0.306 e. The summed E-state index contributed by atoms with van der Waals surface area (Å²) < 4.78 is 0. The lowest BCUT2D eigenvalue weighted by Gasteiger charge is -2.42. The zero-order valence-electron chi connectivity index (χ0n) is 8.35. The van der Waals surface area contributed by atoms with Crippen molar-refractivity contribution in [2.45, 2.75) is 33.6 Å². The molecule has 1 unspecified atom stereocenters. The van der Waals surface area contributed by atoms with Crippen LogP contribution < -0.4 is 0 Å². The van der Waals surface area contributed by atoms with Crippen LogP contribution in [0, 0.1) is 11.3 Å². The number of piperidine rings is 1. The Hall–Kier alpha value is -0.0400. The first-order valence-electron chi connectivity index (χ1n) is 4.75. The van der Waals surface area contributed by atoms with Gasteiger partial charge >= 0.3 is 0 Å². The molecule has 0 aromatic heterocycles. The van der Waals surface area contributed by atoms with Crippen LogP contribution in [-0.4, -0.2) is 25.0 Å². The molecule has 0 aromatic rings. The molecule has 1 nitrogen and oxygen atoms in total. The highest BCUT2D eigenvalue weighted by Gasteiger charge is 2.32. The van der Waals surface area contributed by atoms with Crippen molar-refractivity contribution < 1.29 is 0 Å². The fourth-order valence-electron chi connectivity index (χ4n) is 2.08. The lowest BCUT2D eigenvalue weighted by atomic mass is 9.72. The molecule has 0 bridgehead atoms. The molecule has 1 saturated heterocycles. The van der Waals surface area contributed by atoms with Crippen molar-refractivity contribution in [3.8, 4) is 0 Å². The molecule has 1 aliphatic heterocycles. The van der Waals surface area contributed by atoms with E-state index in [1.165, 1.54) is 25.9 Å². The number of hydrogen-bond donors (Lipinski definition) is 0. The third-order valence-corrected chi connectivity index (χ3v) is 3.27. The molecule has 1 atom stereocenters. The quantitative estimate of drug-likeness (QED) is 0.562. The van der Waals surface area contributed by atoms with E-state index in [2.05, 4.69) is 32.7 Å². The van der Waals surface area contributed by atoms with Gasteiger partial charge in [0.2, 0.25) is 0 Å². The molecular formula is C10H21N. The smallest absolute Gasteiger partial charge is 0.00116 e. The van der Waals surface area contributed by atoms with E-state index in [4.69, 9.17) is 0 Å². The Labute approximate surface area is 70.8 Å². The second-order valence-electron chi connectivity index (χ2n) is 4.61. The van der Waals surface area contributed by atoms with Gasteiger partial charge in [-0.25, -0.2) is 0 Å². The fraction of sp³-hybridized carbons (Fsp3) is 1.00. The molecular weight excluding hydrogens is 134 g/mol. The molecule has 1 aliphatic rings. The molecule has 1 fully saturated rings. The van der Waals surface area contributed by atoms with Crippen LogP contribution in [0.4, 0.5) is 0 Å². The van der Waals surface area contributed by atoms with Crippen LogP contribution in [0.2, 0.25) is 0 Å². The minimum Gasteiger partial charge on any atom is -0.306 e. The SMILES string of the molecule is CCC1CN(C)CCC1(C)C. The second kappa shape index (κ2) is 3.14. The molecule has 1 heterocycles. The summed E-state index contributed by atoms with van der Waals surface area (Å²) in [5.41, 5.74) is 0.585. The van der Waals surface area contributed by atoms with Crippen LogP contribution >= 0.6 is 0 Å². The Morgan fingerprint density at radius 1 is 1.45 bits per heavy atom. The van der Waals surface area contributed by atoms with Gasteiger partial charge in [-0.15, -0.1) is 0 Å². The fourth-order valence-corrected chi connectivity index (χ4v) is 2.08. The summed E-state index contributed by atoms with van der Waals surface area (Å²) in [5.74, 6) is 0.904. The lowest BCUT2D eigenvalue weighted by molar-refractivity contribution is 0.0736. The molecule has 0 N–H and O–H groups in total. The maximum Gasteiger partial charge on any atom is 0.00116 e. The standard InChI is InChI=1S/C10H21N/c1-5-9-8-11(4)7-6-10(9,2)3/h9H,5-8H2,1-4H3. The van der Waals surface area contributed by atoms with Gasteiger partial charge in [-0.1, -0.05) is 27.2 Å². The summed E-state index contributed by atoms with van der Waals surface area (Å²) >= 11 is 0. The summed E-state index contributed by atoms with van der Waals surface area (Å²) in [5, 5.41) is 0. The van der Waals surface area contributed by atoms with Gasteiger partial charge in [0.15, 0.2) is 0 Å². The van der Waals surface area contributed by atoms with Crippen molar-refractivity contribution in [1.82, 2.24) is 4.90 Å². The normalized spacial score (nSPS) is 32.2. The van der Waals surface area contributed by atoms with E-state index in [9.17, 15) is 0 Å². The van der Waals surface area contributed by atoms with Gasteiger partial charge in [0.1, 0.15) is 0 Å². The zero-order valence-corrected chi connectivity index (χ0v) is 8.35. The summed E-state index contributed by atoms with van der Waals surface area (Å²) in [6, 6.07) is 0. The summed E-state index contributed by atoms with van der Waals surface area (Å²) in [4.78, 5) is 2.46. The molecule has 0 saturated carbocycles. The first-order valence-corrected chi connectivity index (χ1v) is 4.75. The van der Waals surface area contributed by atoms with Gasteiger partial charge < -0.3 is 4.90 Å². The van der Waals surface area contributed by atoms with Gasteiger partial charge in [-0.2, -0.15) is 0 Å². The number of hydrogen-bond acceptors (Lipinski definition) is 1. The first-order chi connectivity index (χ1) is 5.06. The average molecular weight is 155 g/mol. The van der Waals surface area contributed by atoms with Gasteiger partial charge in [0, 0.05) is 6.54 Å². The van der Waals surface area contributed by atoms with Crippen molar-refractivity contribution in [1.29, 1.82) is 0 Å². The maximum atomic E-state index is 2.46. The first kappa shape index (κ1) is 9.05. The highest BCUT2D eigenvalue weighted by molar-refractivity contribution is 4.84. The van der Waals surface area contributed by atoms with Gasteiger partial charge in [0.25, 0.3) is 0 Å². The van der Waals surface area contributed by atoms with Crippen molar-refractivity contribution in [2.24, 2.45) is 11.3 Å². The highest BCUT2D eigenvalue weighted by Crippen LogP contribution is 2.36. The third kappa shape index (κ3) is 1.96. The summed E-state index contributed by atoms with van der Waals surface area (Å²) in [6.07, 6.45) is 2.69. The predicted octanol–water partition coefficient (Wildman–Crippen LogP) is 2.37. The Bertz CT molecular complexity index is 129. The number of nitrogens with zero attached hydrogens (tertiary/aromatic N) is 1. The Morgan fingerprint density at radius 3 is 2.55 bits per heavy atom. The topological polar surface area (TPSA) is 3.24 Å². The minimum atomic E-state index is 0.585. The summed E-state index contributed by atoms with van der Waals surface area (Å²) in [6.45, 7) is 9.71. The van der Waals surface area contributed by atoms with E-state index in [1.54, 1.807) is 0 Å². The van der Waals surface area contributed by atoms with Crippen LogP contribution in [0.3, 0.4) is 0 Å². The van der Waals surface area contributed by atoms with Crippen molar-refractivity contribution in [3.63, 3.8) is 0 Å². The van der Waals surface area contributed by atoms with Crippen molar-refractivity contribution in [2.75, 3.05) is 20.1 Å².